The van der Waals surface area contributed by atoms with Gasteiger partial charge in [0.2, 0.25) is 5.95 Å². The third-order valence-corrected chi connectivity index (χ3v) is 6.68. The van der Waals surface area contributed by atoms with Crippen LogP contribution in [0.5, 0.6) is 5.75 Å². The molecular weight excluding hydrogens is 463 g/mol. The molecule has 1 saturated heterocycles. The van der Waals surface area contributed by atoms with Gasteiger partial charge >= 0.3 is 12.4 Å². The zero-order valence-corrected chi connectivity index (χ0v) is 18.7. The van der Waals surface area contributed by atoms with Gasteiger partial charge < -0.3 is 19.5 Å². The van der Waals surface area contributed by atoms with Gasteiger partial charge in [-0.25, -0.2) is 4.52 Å². The van der Waals surface area contributed by atoms with Crippen LogP contribution in [0, 0.1) is 18.8 Å². The van der Waals surface area contributed by atoms with E-state index in [0.29, 0.717) is 40.8 Å². The number of aryl methyl sites for hydroxylation is 1. The molecule has 35 heavy (non-hydrogen) atoms. The molecule has 9 nitrogen and oxygen atoms in total. The monoisotopic (exact) mass is 485 g/mol. The van der Waals surface area contributed by atoms with Crippen molar-refractivity contribution in [2.45, 2.75) is 32.2 Å². The van der Waals surface area contributed by atoms with Crippen LogP contribution in [-0.2, 0) is 0 Å². The average Bonchev–Trinajstić information content (AvgIpc) is 3.48. The van der Waals surface area contributed by atoms with Crippen molar-refractivity contribution >= 4 is 17.6 Å². The van der Waals surface area contributed by atoms with Crippen LogP contribution in [0.3, 0.4) is 0 Å². The van der Waals surface area contributed by atoms with Crippen molar-refractivity contribution in [3.8, 4) is 16.9 Å². The summed E-state index contributed by atoms with van der Waals surface area (Å²) < 4.78 is 48.4. The second-order valence-corrected chi connectivity index (χ2v) is 8.99. The number of nitrogens with one attached hydrogen (secondary N) is 1. The molecule has 1 aliphatic carbocycles. The van der Waals surface area contributed by atoms with E-state index in [4.69, 9.17) is 9.51 Å². The van der Waals surface area contributed by atoms with E-state index in [9.17, 15) is 13.2 Å². The van der Waals surface area contributed by atoms with Crippen LogP contribution < -0.4 is 15.0 Å². The molecule has 4 aromatic rings. The first-order valence-corrected chi connectivity index (χ1v) is 11.4. The van der Waals surface area contributed by atoms with E-state index in [2.05, 4.69) is 30.2 Å². The maximum atomic E-state index is 12.5. The number of rotatable bonds is 5. The number of ether oxygens (including phenoxy) is 1. The minimum absolute atomic E-state index is 0.231. The molecule has 1 aromatic carbocycles. The summed E-state index contributed by atoms with van der Waals surface area (Å²) in [6.07, 6.45) is -0.740. The number of nitrogens with zero attached hydrogens (tertiary/aromatic N) is 6. The van der Waals surface area contributed by atoms with Gasteiger partial charge in [0.15, 0.2) is 11.5 Å². The highest BCUT2D eigenvalue weighted by molar-refractivity contribution is 5.78. The number of hydrogen-bond donors (Lipinski definition) is 1. The van der Waals surface area contributed by atoms with Crippen LogP contribution in [0.4, 0.5) is 25.1 Å². The predicted molar refractivity (Wildman–Crippen MR) is 120 cm³/mol. The van der Waals surface area contributed by atoms with Crippen LogP contribution >= 0.6 is 0 Å². The quantitative estimate of drug-likeness (QED) is 0.447. The highest BCUT2D eigenvalue weighted by Crippen LogP contribution is 2.40. The molecule has 0 radical (unpaired) electrons. The van der Waals surface area contributed by atoms with E-state index in [1.807, 2.05) is 19.1 Å². The summed E-state index contributed by atoms with van der Waals surface area (Å²) in [7, 11) is 0. The molecular formula is C23H22F3N7O2. The summed E-state index contributed by atoms with van der Waals surface area (Å²) in [5.41, 5.74) is 2.09. The Morgan fingerprint density at radius 2 is 1.80 bits per heavy atom. The average molecular weight is 485 g/mol. The SMILES string of the molecule is Cc1noc(N2C[C@H]3CC[C@@H](C2)C3Nc2nc3c(-c4ccc(OC(F)(F)F)cc4)cccn3n2)n1. The van der Waals surface area contributed by atoms with Crippen molar-refractivity contribution in [1.82, 2.24) is 24.7 Å². The lowest BCUT2D eigenvalue weighted by atomic mass is 9.92. The zero-order valence-electron chi connectivity index (χ0n) is 18.7. The Labute approximate surface area is 197 Å². The van der Waals surface area contributed by atoms with E-state index in [-0.39, 0.29) is 11.8 Å². The summed E-state index contributed by atoms with van der Waals surface area (Å²) >= 11 is 0. The third-order valence-electron chi connectivity index (χ3n) is 6.68. The molecule has 1 N–H and O–H groups in total. The normalized spacial score (nSPS) is 22.1. The van der Waals surface area contributed by atoms with Crippen molar-refractivity contribution in [2.75, 3.05) is 23.3 Å². The highest BCUT2D eigenvalue weighted by atomic mass is 19.4. The molecule has 6 rings (SSSR count). The van der Waals surface area contributed by atoms with Crippen LogP contribution in [-0.4, -0.2) is 50.2 Å². The predicted octanol–water partition coefficient (Wildman–Crippen LogP) is 4.31. The van der Waals surface area contributed by atoms with Gasteiger partial charge in [0.25, 0.3) is 0 Å². The van der Waals surface area contributed by atoms with Gasteiger partial charge in [0.1, 0.15) is 5.75 Å². The summed E-state index contributed by atoms with van der Waals surface area (Å²) in [6.45, 7) is 3.45. The van der Waals surface area contributed by atoms with Gasteiger partial charge in [-0.05, 0) is 61.4 Å². The second-order valence-electron chi connectivity index (χ2n) is 8.99. The van der Waals surface area contributed by atoms with E-state index >= 15 is 0 Å². The molecule has 3 atom stereocenters. The molecule has 2 aliphatic rings. The van der Waals surface area contributed by atoms with Gasteiger partial charge in [-0.1, -0.05) is 17.3 Å². The maximum absolute atomic E-state index is 12.5. The van der Waals surface area contributed by atoms with Crippen LogP contribution in [0.2, 0.25) is 0 Å². The van der Waals surface area contributed by atoms with Crippen molar-refractivity contribution in [3.63, 3.8) is 0 Å². The van der Waals surface area contributed by atoms with Gasteiger partial charge in [0.05, 0.1) is 0 Å². The molecule has 1 saturated carbocycles. The van der Waals surface area contributed by atoms with E-state index in [1.165, 1.54) is 12.1 Å². The van der Waals surface area contributed by atoms with E-state index in [0.717, 1.165) is 31.5 Å². The Balaban J connectivity index is 1.21. The number of aromatic nitrogens is 5. The fourth-order valence-corrected chi connectivity index (χ4v) is 5.21. The summed E-state index contributed by atoms with van der Waals surface area (Å²) in [4.78, 5) is 11.2. The van der Waals surface area contributed by atoms with E-state index < -0.39 is 6.36 Å². The van der Waals surface area contributed by atoms with Crippen LogP contribution in [0.15, 0.2) is 47.1 Å². The number of pyridine rings is 1. The smallest absolute Gasteiger partial charge is 0.406 e. The molecule has 3 aromatic heterocycles. The number of hydrogen-bond acceptors (Lipinski definition) is 8. The minimum Gasteiger partial charge on any atom is -0.406 e. The first-order chi connectivity index (χ1) is 16.8. The number of anilines is 2. The fourth-order valence-electron chi connectivity index (χ4n) is 5.21. The van der Waals surface area contributed by atoms with Gasteiger partial charge in [-0.15, -0.1) is 18.3 Å². The van der Waals surface area contributed by atoms with Gasteiger partial charge in [-0.3, -0.25) is 0 Å². The molecule has 2 fully saturated rings. The number of benzene rings is 1. The number of alkyl halides is 3. The Kier molecular flexibility index (Phi) is 5.04. The topological polar surface area (TPSA) is 93.6 Å². The Bertz CT molecular complexity index is 1340. The van der Waals surface area contributed by atoms with Crippen LogP contribution in [0.1, 0.15) is 18.7 Å². The van der Waals surface area contributed by atoms with Gasteiger partial charge in [0, 0.05) is 30.9 Å². The maximum Gasteiger partial charge on any atom is 0.573 e. The third kappa shape index (κ3) is 4.24. The minimum atomic E-state index is -4.73. The number of fused-ring (bicyclic) bond motifs is 3. The first-order valence-electron chi connectivity index (χ1n) is 11.4. The Morgan fingerprint density at radius 3 is 2.46 bits per heavy atom. The molecule has 182 valence electrons. The largest absolute Gasteiger partial charge is 0.573 e. The van der Waals surface area contributed by atoms with E-state index in [1.54, 1.807) is 22.8 Å². The molecule has 0 amide bonds. The lowest BCUT2D eigenvalue weighted by Crippen LogP contribution is -2.48. The standard InChI is InChI=1S/C23H22F3N7O2/c1-13-27-22(35-31-13)32-11-15-4-5-16(12-32)19(15)28-21-29-20-18(3-2-10-33(20)30-21)14-6-8-17(9-7-14)34-23(24,25)26/h2-3,6-10,15-16,19H,4-5,11-12H2,1H3,(H,28,30)/t15-,16+,19?. The molecule has 1 unspecified atom stereocenters. The second kappa shape index (κ2) is 8.14. The Morgan fingerprint density at radius 1 is 1.06 bits per heavy atom. The number of halogens is 3. The highest BCUT2D eigenvalue weighted by Gasteiger charge is 2.43. The summed E-state index contributed by atoms with van der Waals surface area (Å²) in [6, 6.07) is 10.2. The van der Waals surface area contributed by atoms with Crippen LogP contribution in [0.25, 0.3) is 16.8 Å². The molecule has 0 spiro atoms. The first kappa shape index (κ1) is 21.7. The molecule has 1 aliphatic heterocycles. The van der Waals surface area contributed by atoms with Gasteiger partial charge in [-0.2, -0.15) is 9.97 Å². The van der Waals surface area contributed by atoms with Crippen molar-refractivity contribution < 1.29 is 22.4 Å². The fraction of sp³-hybridized carbons (Fsp3) is 0.391. The summed E-state index contributed by atoms with van der Waals surface area (Å²) in [5.74, 6) is 1.68. The zero-order chi connectivity index (χ0) is 24.2. The summed E-state index contributed by atoms with van der Waals surface area (Å²) in [5, 5.41) is 12.0. The van der Waals surface area contributed by atoms with Crippen molar-refractivity contribution in [2.24, 2.45) is 11.8 Å². The lowest BCUT2D eigenvalue weighted by molar-refractivity contribution is -0.274. The van der Waals surface area contributed by atoms with Crippen molar-refractivity contribution in [3.05, 3.63) is 48.4 Å². The molecule has 2 bridgehead atoms. The number of piperidine rings is 1. The molecule has 4 heterocycles. The lowest BCUT2D eigenvalue weighted by Gasteiger charge is -2.37. The molecule has 12 heteroatoms. The Hall–Kier alpha value is -3.83. The van der Waals surface area contributed by atoms with Crippen molar-refractivity contribution in [1.29, 1.82) is 0 Å².